The predicted molar refractivity (Wildman–Crippen MR) is 158 cm³/mol. The highest BCUT2D eigenvalue weighted by molar-refractivity contribution is 6.07. The van der Waals surface area contributed by atoms with Crippen LogP contribution < -0.4 is 16.4 Å². The zero-order chi connectivity index (χ0) is 31.5. The summed E-state index contributed by atoms with van der Waals surface area (Å²) in [5, 5.41) is 23.2. The number of amides is 3. The van der Waals surface area contributed by atoms with E-state index in [-0.39, 0.29) is 12.0 Å². The molecule has 0 unspecified atom stereocenters. The van der Waals surface area contributed by atoms with Crippen molar-refractivity contribution < 1.29 is 34.2 Å². The van der Waals surface area contributed by atoms with Gasteiger partial charge in [0.1, 0.15) is 17.7 Å². The lowest BCUT2D eigenvalue weighted by Crippen LogP contribution is -2.41. The second kappa shape index (κ2) is 12.1. The van der Waals surface area contributed by atoms with Crippen LogP contribution >= 0.6 is 0 Å². The molecule has 0 aliphatic carbocycles. The second-order valence-corrected chi connectivity index (χ2v) is 10.1. The van der Waals surface area contributed by atoms with Gasteiger partial charge in [-0.1, -0.05) is 6.07 Å². The summed E-state index contributed by atoms with van der Waals surface area (Å²) in [6, 6.07) is 14.6. The van der Waals surface area contributed by atoms with E-state index in [1.54, 1.807) is 42.5 Å². The lowest BCUT2D eigenvalue weighted by Gasteiger charge is -2.14. The fourth-order valence-corrected chi connectivity index (χ4v) is 4.70. The number of H-pyrrole nitrogens is 1. The minimum Gasteiger partial charge on any atom is -0.481 e. The molecule has 0 fully saturated rings. The third kappa shape index (κ3) is 6.38. The van der Waals surface area contributed by atoms with Crippen molar-refractivity contribution in [1.82, 2.24) is 24.8 Å². The van der Waals surface area contributed by atoms with E-state index in [1.165, 1.54) is 18.2 Å². The molecule has 0 radical (unpaired) electrons. The van der Waals surface area contributed by atoms with Gasteiger partial charge < -0.3 is 36.1 Å². The van der Waals surface area contributed by atoms with Gasteiger partial charge in [0.05, 0.1) is 28.5 Å². The Morgan fingerprint density at radius 1 is 0.909 bits per heavy atom. The van der Waals surface area contributed by atoms with Gasteiger partial charge in [-0.05, 0) is 61.0 Å². The van der Waals surface area contributed by atoms with Crippen molar-refractivity contribution in [1.29, 1.82) is 0 Å². The van der Waals surface area contributed by atoms with Crippen molar-refractivity contribution in [3.05, 3.63) is 89.0 Å². The number of anilines is 1. The van der Waals surface area contributed by atoms with E-state index in [9.17, 15) is 29.1 Å². The number of hydrogen-bond donors (Lipinski definition) is 6. The van der Waals surface area contributed by atoms with Gasteiger partial charge in [0.15, 0.2) is 0 Å². The first-order valence-corrected chi connectivity index (χ1v) is 13.4. The fourth-order valence-electron chi connectivity index (χ4n) is 4.70. The highest BCUT2D eigenvalue weighted by Crippen LogP contribution is 2.21. The number of rotatable bonds is 11. The van der Waals surface area contributed by atoms with Gasteiger partial charge in [0.25, 0.3) is 11.8 Å². The number of nitrogens with zero attached hydrogens (tertiary/aromatic N) is 3. The molecule has 1 atom stereocenters. The number of imidazole rings is 2. The molecule has 0 aliphatic heterocycles. The lowest BCUT2D eigenvalue weighted by atomic mass is 10.1. The largest absolute Gasteiger partial charge is 0.481 e. The molecule has 2 heterocycles. The number of carboxylic acids is 2. The Morgan fingerprint density at radius 2 is 1.64 bits per heavy atom. The molecule has 5 rings (SSSR count). The molecule has 3 aromatic carbocycles. The zero-order valence-corrected chi connectivity index (χ0v) is 23.3. The average molecular weight is 598 g/mol. The summed E-state index contributed by atoms with van der Waals surface area (Å²) < 4.78 is 1.85. The average Bonchev–Trinajstić information content (AvgIpc) is 3.53. The van der Waals surface area contributed by atoms with E-state index in [0.29, 0.717) is 57.0 Å². The molecule has 0 saturated carbocycles. The van der Waals surface area contributed by atoms with E-state index >= 15 is 0 Å². The molecule has 0 spiro atoms. The van der Waals surface area contributed by atoms with E-state index in [0.717, 1.165) is 0 Å². The standard InChI is InChI=1S/C30H27N7O7/c1-37-23-13-17(6-8-20(23)35-25(37)14-24-33-19-7-5-15(27(31)40)12-22(19)34-24)28(41)32-18-4-2-3-16(11-18)29(42)36-21(30(43)44)9-10-26(38)39/h2-8,11-13,21H,9-10,14H2,1H3,(H2,31,40)(H,32,41)(H,33,34)(H,36,42)(H,38,39)(H,43,44)/t21-/m0/s1. The zero-order valence-electron chi connectivity index (χ0n) is 23.3. The molecule has 5 aromatic rings. The maximum Gasteiger partial charge on any atom is 0.326 e. The van der Waals surface area contributed by atoms with Gasteiger partial charge in [-0.25, -0.2) is 14.8 Å². The SMILES string of the molecule is Cn1c(Cc2nc3ccc(C(N)=O)cc3[nH]2)nc2ccc(C(=O)Nc3cccc(C(=O)N[C@@H](CCC(=O)O)C(=O)O)c3)cc21. The van der Waals surface area contributed by atoms with E-state index in [4.69, 9.17) is 10.8 Å². The van der Waals surface area contributed by atoms with Gasteiger partial charge in [0, 0.05) is 35.8 Å². The van der Waals surface area contributed by atoms with Crippen molar-refractivity contribution in [2.75, 3.05) is 5.32 Å². The molecular weight excluding hydrogens is 570 g/mol. The molecule has 224 valence electrons. The Hall–Kier alpha value is -6.05. The highest BCUT2D eigenvalue weighted by Gasteiger charge is 2.22. The van der Waals surface area contributed by atoms with E-state index in [2.05, 4.69) is 25.6 Å². The molecule has 2 aromatic heterocycles. The number of aliphatic carboxylic acids is 2. The van der Waals surface area contributed by atoms with Crippen molar-refractivity contribution in [2.45, 2.75) is 25.3 Å². The van der Waals surface area contributed by atoms with Crippen LogP contribution in [0.4, 0.5) is 5.69 Å². The number of hydrogen-bond acceptors (Lipinski definition) is 7. The number of fused-ring (bicyclic) bond motifs is 2. The van der Waals surface area contributed by atoms with E-state index < -0.39 is 42.1 Å². The van der Waals surface area contributed by atoms with E-state index in [1.807, 2.05) is 11.6 Å². The van der Waals surface area contributed by atoms with Crippen LogP contribution in [0.15, 0.2) is 60.7 Å². The Labute approximate surface area is 248 Å². The number of aromatic amines is 1. The van der Waals surface area contributed by atoms with Gasteiger partial charge in [-0.3, -0.25) is 19.2 Å². The maximum atomic E-state index is 13.1. The third-order valence-corrected chi connectivity index (χ3v) is 7.01. The molecule has 0 bridgehead atoms. The van der Waals surface area contributed by atoms with Crippen molar-refractivity contribution in [2.24, 2.45) is 12.8 Å². The normalized spacial score (nSPS) is 11.8. The summed E-state index contributed by atoms with van der Waals surface area (Å²) in [5.41, 5.74) is 9.20. The minimum atomic E-state index is -1.38. The minimum absolute atomic E-state index is 0.0903. The molecule has 0 saturated heterocycles. The van der Waals surface area contributed by atoms with Gasteiger partial charge in [0.2, 0.25) is 5.91 Å². The highest BCUT2D eigenvalue weighted by atomic mass is 16.4. The number of benzene rings is 3. The van der Waals surface area contributed by atoms with Crippen molar-refractivity contribution in [3.8, 4) is 0 Å². The first-order chi connectivity index (χ1) is 21.0. The number of aryl methyl sites for hydroxylation is 1. The van der Waals surface area contributed by atoms with Crippen molar-refractivity contribution >= 4 is 57.4 Å². The predicted octanol–water partition coefficient (Wildman–Crippen LogP) is 2.44. The summed E-state index contributed by atoms with van der Waals surface area (Å²) in [5.74, 6) is -2.90. The van der Waals surface area contributed by atoms with Crippen LogP contribution in [0.3, 0.4) is 0 Å². The summed E-state index contributed by atoms with van der Waals surface area (Å²) in [7, 11) is 1.82. The quantitative estimate of drug-likeness (QED) is 0.131. The summed E-state index contributed by atoms with van der Waals surface area (Å²) in [6.45, 7) is 0. The maximum absolute atomic E-state index is 13.1. The van der Waals surface area contributed by atoms with Crippen LogP contribution in [0.2, 0.25) is 0 Å². The first-order valence-electron chi connectivity index (χ1n) is 13.4. The van der Waals surface area contributed by atoms with Crippen LogP contribution in [0.25, 0.3) is 22.1 Å². The third-order valence-electron chi connectivity index (χ3n) is 7.01. The monoisotopic (exact) mass is 597 g/mol. The molecule has 0 aliphatic rings. The Kier molecular flexibility index (Phi) is 8.06. The lowest BCUT2D eigenvalue weighted by molar-refractivity contribution is -0.140. The summed E-state index contributed by atoms with van der Waals surface area (Å²) in [4.78, 5) is 71.9. The Bertz CT molecular complexity index is 1960. The number of aromatic nitrogens is 4. The molecule has 14 nitrogen and oxygen atoms in total. The summed E-state index contributed by atoms with van der Waals surface area (Å²) >= 11 is 0. The fraction of sp³-hybridized carbons (Fsp3) is 0.167. The number of primary amides is 1. The molecular formula is C30H27N7O7. The smallest absolute Gasteiger partial charge is 0.326 e. The second-order valence-electron chi connectivity index (χ2n) is 10.1. The van der Waals surface area contributed by atoms with Crippen LogP contribution in [-0.2, 0) is 23.1 Å². The van der Waals surface area contributed by atoms with Crippen LogP contribution in [-0.4, -0.2) is 65.4 Å². The van der Waals surface area contributed by atoms with Crippen LogP contribution in [0.5, 0.6) is 0 Å². The Balaban J connectivity index is 1.30. The molecule has 14 heteroatoms. The van der Waals surface area contributed by atoms with Gasteiger partial charge in [-0.2, -0.15) is 0 Å². The number of nitrogens with one attached hydrogen (secondary N) is 3. The number of carboxylic acid groups (broad SMARTS) is 2. The van der Waals surface area contributed by atoms with Crippen LogP contribution in [0.1, 0.15) is 55.6 Å². The molecule has 7 N–H and O–H groups in total. The first kappa shape index (κ1) is 29.4. The number of carbonyl (C=O) groups excluding carboxylic acids is 3. The van der Waals surface area contributed by atoms with Gasteiger partial charge in [-0.15, -0.1) is 0 Å². The number of carbonyl (C=O) groups is 5. The Morgan fingerprint density at radius 3 is 2.36 bits per heavy atom. The molecule has 44 heavy (non-hydrogen) atoms. The van der Waals surface area contributed by atoms with Crippen LogP contribution in [0, 0.1) is 0 Å². The number of nitrogens with two attached hydrogens (primary N) is 1. The summed E-state index contributed by atoms with van der Waals surface area (Å²) in [6.07, 6.45) is -0.336. The topological polar surface area (TPSA) is 222 Å². The van der Waals surface area contributed by atoms with Crippen molar-refractivity contribution in [3.63, 3.8) is 0 Å². The molecule has 3 amide bonds. The van der Waals surface area contributed by atoms with Gasteiger partial charge >= 0.3 is 11.9 Å².